The summed E-state index contributed by atoms with van der Waals surface area (Å²) in [6.07, 6.45) is 1.17. The van der Waals surface area contributed by atoms with Crippen LogP contribution in [0.2, 0.25) is 5.02 Å². The first kappa shape index (κ1) is 28.7. The number of nitrogens with one attached hydrogen (secondary N) is 1. The van der Waals surface area contributed by atoms with Crippen molar-refractivity contribution in [3.8, 4) is 5.75 Å². The number of nitrogens with zero attached hydrogens (tertiary/aromatic N) is 1. The van der Waals surface area contributed by atoms with Gasteiger partial charge < -0.3 is 15.0 Å². The number of rotatable bonds is 11. The second-order valence-corrected chi connectivity index (χ2v) is 10.6. The summed E-state index contributed by atoms with van der Waals surface area (Å²) in [5, 5.41) is 3.65. The van der Waals surface area contributed by atoms with E-state index in [0.29, 0.717) is 17.2 Å². The largest absolute Gasteiger partial charge is 0.484 e. The van der Waals surface area contributed by atoms with Gasteiger partial charge in [-0.15, -0.1) is 0 Å². The van der Waals surface area contributed by atoms with Gasteiger partial charge in [0.15, 0.2) is 6.61 Å². The number of hydrogen-bond acceptors (Lipinski definition) is 3. The van der Waals surface area contributed by atoms with Gasteiger partial charge in [0.25, 0.3) is 5.91 Å². The fraction of sp³-hybridized carbons (Fsp3) is 0.333. The van der Waals surface area contributed by atoms with Crippen LogP contribution in [0.5, 0.6) is 5.75 Å². The van der Waals surface area contributed by atoms with Gasteiger partial charge in [0.2, 0.25) is 5.91 Å². The molecular formula is C30H34BrClN2O3. The molecule has 5 nitrogen and oxygen atoms in total. The van der Waals surface area contributed by atoms with Crippen LogP contribution in [-0.2, 0) is 22.6 Å². The van der Waals surface area contributed by atoms with Crippen molar-refractivity contribution < 1.29 is 14.3 Å². The Labute approximate surface area is 233 Å². The fourth-order valence-corrected chi connectivity index (χ4v) is 4.49. The Hall–Kier alpha value is -2.83. The van der Waals surface area contributed by atoms with Gasteiger partial charge in [0.05, 0.1) is 0 Å². The van der Waals surface area contributed by atoms with E-state index in [1.54, 1.807) is 11.0 Å². The minimum Gasteiger partial charge on any atom is -0.484 e. The zero-order chi connectivity index (χ0) is 26.9. The van der Waals surface area contributed by atoms with E-state index in [1.165, 1.54) is 0 Å². The lowest BCUT2D eigenvalue weighted by molar-refractivity contribution is -0.143. The maximum absolute atomic E-state index is 13.7. The number of carbonyl (C=O) groups is 2. The number of hydrogen-bond donors (Lipinski definition) is 1. The Morgan fingerprint density at radius 3 is 2.27 bits per heavy atom. The van der Waals surface area contributed by atoms with Crippen LogP contribution in [0.3, 0.4) is 0 Å². The molecule has 0 spiro atoms. The van der Waals surface area contributed by atoms with E-state index in [-0.39, 0.29) is 31.0 Å². The van der Waals surface area contributed by atoms with E-state index in [4.69, 9.17) is 16.3 Å². The predicted molar refractivity (Wildman–Crippen MR) is 153 cm³/mol. The standard InChI is InChI=1S/C30H34BrClN2O3/c1-5-22(4)33-30(36)27(17-23-10-7-6-8-11-23)34(18-24-12-9-13-25(32)16-24)28(35)19-37-26-14-20(2)29(31)21(3)15-26/h6-16,22,27H,5,17-19H2,1-4H3,(H,33,36)/t22-,27-/m1/s1. The number of amides is 2. The summed E-state index contributed by atoms with van der Waals surface area (Å²) >= 11 is 9.81. The number of benzene rings is 3. The summed E-state index contributed by atoms with van der Waals surface area (Å²) in [6, 6.07) is 20.1. The predicted octanol–water partition coefficient (Wildman–Crippen LogP) is 6.65. The van der Waals surface area contributed by atoms with Crippen LogP contribution in [0.25, 0.3) is 0 Å². The molecule has 0 heterocycles. The summed E-state index contributed by atoms with van der Waals surface area (Å²) in [5.74, 6) is 0.139. The first-order valence-electron chi connectivity index (χ1n) is 12.5. The highest BCUT2D eigenvalue weighted by atomic mass is 79.9. The molecule has 3 aromatic carbocycles. The molecule has 2 amide bonds. The van der Waals surface area contributed by atoms with Gasteiger partial charge in [0.1, 0.15) is 11.8 Å². The number of aryl methyl sites for hydroxylation is 2. The first-order valence-corrected chi connectivity index (χ1v) is 13.6. The number of carbonyl (C=O) groups excluding carboxylic acids is 2. The lowest BCUT2D eigenvalue weighted by Gasteiger charge is -2.32. The molecule has 0 aliphatic heterocycles. The quantitative estimate of drug-likeness (QED) is 0.274. The molecule has 3 aromatic rings. The lowest BCUT2D eigenvalue weighted by Crippen LogP contribution is -2.53. The third kappa shape index (κ3) is 8.34. The van der Waals surface area contributed by atoms with Crippen LogP contribution in [0.4, 0.5) is 0 Å². The van der Waals surface area contributed by atoms with Gasteiger partial charge in [-0.25, -0.2) is 0 Å². The Morgan fingerprint density at radius 2 is 1.65 bits per heavy atom. The van der Waals surface area contributed by atoms with Crippen molar-refractivity contribution >= 4 is 39.3 Å². The normalized spacial score (nSPS) is 12.5. The monoisotopic (exact) mass is 584 g/mol. The molecule has 0 aliphatic rings. The molecule has 7 heteroatoms. The van der Waals surface area contributed by atoms with Crippen molar-refractivity contribution in [2.24, 2.45) is 0 Å². The summed E-state index contributed by atoms with van der Waals surface area (Å²) in [4.78, 5) is 28.9. The SMILES string of the molecule is CC[C@@H](C)NC(=O)[C@@H](Cc1ccccc1)N(Cc1cccc(Cl)c1)C(=O)COc1cc(C)c(Br)c(C)c1. The summed E-state index contributed by atoms with van der Waals surface area (Å²) in [6.45, 7) is 7.97. The van der Waals surface area contributed by atoms with E-state index in [9.17, 15) is 9.59 Å². The second kappa shape index (κ2) is 13.6. The van der Waals surface area contributed by atoms with Crippen molar-refractivity contribution in [3.05, 3.63) is 98.5 Å². The molecule has 1 N–H and O–H groups in total. The second-order valence-electron chi connectivity index (χ2n) is 9.33. The van der Waals surface area contributed by atoms with Crippen LogP contribution in [0.1, 0.15) is 42.5 Å². The Bertz CT molecular complexity index is 1200. The molecule has 0 aliphatic carbocycles. The van der Waals surface area contributed by atoms with Crippen molar-refractivity contribution in [2.75, 3.05) is 6.61 Å². The topological polar surface area (TPSA) is 58.6 Å². The fourth-order valence-electron chi connectivity index (χ4n) is 4.04. The van der Waals surface area contributed by atoms with Crippen LogP contribution in [-0.4, -0.2) is 35.4 Å². The Balaban J connectivity index is 1.93. The average Bonchev–Trinajstić information content (AvgIpc) is 2.88. The van der Waals surface area contributed by atoms with Crippen LogP contribution in [0.15, 0.2) is 71.2 Å². The molecule has 37 heavy (non-hydrogen) atoms. The molecule has 3 rings (SSSR count). The molecule has 0 saturated carbocycles. The maximum atomic E-state index is 13.7. The van der Waals surface area contributed by atoms with E-state index >= 15 is 0 Å². The molecule has 0 saturated heterocycles. The van der Waals surface area contributed by atoms with Gasteiger partial charge in [-0.05, 0) is 73.7 Å². The van der Waals surface area contributed by atoms with Gasteiger partial charge in [-0.2, -0.15) is 0 Å². The highest BCUT2D eigenvalue weighted by molar-refractivity contribution is 9.10. The highest BCUT2D eigenvalue weighted by Crippen LogP contribution is 2.26. The van der Waals surface area contributed by atoms with E-state index in [1.807, 2.05) is 88.4 Å². The van der Waals surface area contributed by atoms with Crippen molar-refractivity contribution in [1.82, 2.24) is 10.2 Å². The molecule has 2 atom stereocenters. The molecule has 196 valence electrons. The molecule has 0 unspecified atom stereocenters. The van der Waals surface area contributed by atoms with Gasteiger partial charge in [-0.1, -0.05) is 76.9 Å². The van der Waals surface area contributed by atoms with Gasteiger partial charge in [-0.3, -0.25) is 9.59 Å². The minimum atomic E-state index is -0.722. The third-order valence-corrected chi connectivity index (χ3v) is 7.77. The Morgan fingerprint density at radius 1 is 1.00 bits per heavy atom. The Kier molecular flexibility index (Phi) is 10.6. The summed E-state index contributed by atoms with van der Waals surface area (Å²) < 4.78 is 6.95. The highest BCUT2D eigenvalue weighted by Gasteiger charge is 2.31. The number of halogens is 2. The van der Waals surface area contributed by atoms with Crippen molar-refractivity contribution in [2.45, 2.75) is 59.2 Å². The molecule has 0 fully saturated rings. The molecular weight excluding hydrogens is 552 g/mol. The molecule has 0 aromatic heterocycles. The van der Waals surface area contributed by atoms with Crippen LogP contribution in [0, 0.1) is 13.8 Å². The van der Waals surface area contributed by atoms with Gasteiger partial charge >= 0.3 is 0 Å². The maximum Gasteiger partial charge on any atom is 0.261 e. The van der Waals surface area contributed by atoms with Crippen molar-refractivity contribution in [1.29, 1.82) is 0 Å². The molecule has 0 bridgehead atoms. The summed E-state index contributed by atoms with van der Waals surface area (Å²) in [7, 11) is 0. The average molecular weight is 586 g/mol. The van der Waals surface area contributed by atoms with Crippen molar-refractivity contribution in [3.63, 3.8) is 0 Å². The van der Waals surface area contributed by atoms with E-state index < -0.39 is 6.04 Å². The molecule has 0 radical (unpaired) electrons. The van der Waals surface area contributed by atoms with E-state index in [0.717, 1.165) is 33.1 Å². The van der Waals surface area contributed by atoms with Crippen LogP contribution < -0.4 is 10.1 Å². The minimum absolute atomic E-state index is 0.0149. The summed E-state index contributed by atoms with van der Waals surface area (Å²) in [5.41, 5.74) is 3.85. The number of ether oxygens (including phenoxy) is 1. The zero-order valence-electron chi connectivity index (χ0n) is 21.8. The first-order chi connectivity index (χ1) is 17.7. The van der Waals surface area contributed by atoms with Gasteiger partial charge in [0, 0.05) is 28.5 Å². The smallest absolute Gasteiger partial charge is 0.261 e. The third-order valence-electron chi connectivity index (χ3n) is 6.29. The van der Waals surface area contributed by atoms with E-state index in [2.05, 4.69) is 21.2 Å². The zero-order valence-corrected chi connectivity index (χ0v) is 24.1. The van der Waals surface area contributed by atoms with Crippen LogP contribution >= 0.6 is 27.5 Å². The lowest BCUT2D eigenvalue weighted by atomic mass is 10.0.